The van der Waals surface area contributed by atoms with Crippen LogP contribution in [0.3, 0.4) is 0 Å². The van der Waals surface area contributed by atoms with Gasteiger partial charge in [-0.1, -0.05) is 84.9 Å². The van der Waals surface area contributed by atoms with Crippen LogP contribution in [0.1, 0.15) is 31.8 Å². The molecule has 6 aromatic carbocycles. The standard InChI is InChI=1S/C39H30N2O4/c42-38(34-15-7-9-17-36(34)44-32-11-3-1-4-12-32)40-30-23-19-28(20-24-30)27-29-21-25-31(26-22-29)41-39(43)35-16-8-10-18-37(35)45-33-13-5-2-6-14-33/h1-26H,27H2,(H,40,42)(H,41,43). The number of rotatable bonds is 10. The minimum atomic E-state index is -0.249. The minimum Gasteiger partial charge on any atom is -0.457 e. The smallest absolute Gasteiger partial charge is 0.259 e. The van der Waals surface area contributed by atoms with Crippen LogP contribution in [-0.2, 0) is 6.42 Å². The average Bonchev–Trinajstić information content (AvgIpc) is 3.08. The number of hydrogen-bond acceptors (Lipinski definition) is 4. The Morgan fingerprint density at radius 3 is 1.18 bits per heavy atom. The van der Waals surface area contributed by atoms with Gasteiger partial charge in [0.2, 0.25) is 0 Å². The molecule has 45 heavy (non-hydrogen) atoms. The Balaban J connectivity index is 1.05. The number of anilines is 2. The second-order valence-electron chi connectivity index (χ2n) is 10.3. The fraction of sp³-hybridized carbons (Fsp3) is 0.0256. The van der Waals surface area contributed by atoms with Gasteiger partial charge in [-0.25, -0.2) is 0 Å². The largest absolute Gasteiger partial charge is 0.457 e. The van der Waals surface area contributed by atoms with Crippen LogP contribution in [0.15, 0.2) is 158 Å². The lowest BCUT2D eigenvalue weighted by Crippen LogP contribution is -2.13. The number of para-hydroxylation sites is 4. The summed E-state index contributed by atoms with van der Waals surface area (Å²) in [5, 5.41) is 5.93. The Morgan fingerprint density at radius 1 is 0.422 bits per heavy atom. The molecule has 6 aromatic rings. The molecule has 0 aliphatic heterocycles. The Morgan fingerprint density at radius 2 is 0.778 bits per heavy atom. The SMILES string of the molecule is O=C(Nc1ccc(Cc2ccc(NC(=O)c3ccccc3Oc3ccccc3)cc2)cc1)c1ccccc1Oc1ccccc1. The molecular weight excluding hydrogens is 560 g/mol. The highest BCUT2D eigenvalue weighted by Crippen LogP contribution is 2.27. The van der Waals surface area contributed by atoms with E-state index in [0.29, 0.717) is 51.9 Å². The molecule has 6 nitrogen and oxygen atoms in total. The number of carbonyl (C=O) groups excluding carboxylic acids is 2. The molecule has 0 unspecified atom stereocenters. The number of carbonyl (C=O) groups is 2. The molecule has 2 amide bonds. The van der Waals surface area contributed by atoms with Crippen molar-refractivity contribution in [1.82, 2.24) is 0 Å². The third kappa shape index (κ3) is 7.63. The summed E-state index contributed by atoms with van der Waals surface area (Å²) in [6.45, 7) is 0. The first-order valence-corrected chi connectivity index (χ1v) is 14.6. The zero-order valence-electron chi connectivity index (χ0n) is 24.4. The van der Waals surface area contributed by atoms with Crippen molar-refractivity contribution in [3.8, 4) is 23.0 Å². The maximum absolute atomic E-state index is 13.1. The van der Waals surface area contributed by atoms with Gasteiger partial charge in [0, 0.05) is 11.4 Å². The fourth-order valence-electron chi connectivity index (χ4n) is 4.76. The Bertz CT molecular complexity index is 1750. The first kappa shape index (κ1) is 29.0. The molecule has 0 atom stereocenters. The molecule has 0 bridgehead atoms. The van der Waals surface area contributed by atoms with E-state index in [4.69, 9.17) is 9.47 Å². The van der Waals surface area contributed by atoms with E-state index in [1.54, 1.807) is 24.3 Å². The summed E-state index contributed by atoms with van der Waals surface area (Å²) < 4.78 is 11.9. The van der Waals surface area contributed by atoms with Gasteiger partial charge in [0.15, 0.2) is 0 Å². The predicted molar refractivity (Wildman–Crippen MR) is 178 cm³/mol. The molecule has 0 spiro atoms. The van der Waals surface area contributed by atoms with Crippen molar-refractivity contribution >= 4 is 23.2 Å². The molecule has 0 aliphatic rings. The Hall–Kier alpha value is -6.14. The highest BCUT2D eigenvalue weighted by atomic mass is 16.5. The van der Waals surface area contributed by atoms with Crippen molar-refractivity contribution in [2.24, 2.45) is 0 Å². The van der Waals surface area contributed by atoms with Gasteiger partial charge in [0.25, 0.3) is 11.8 Å². The van der Waals surface area contributed by atoms with Crippen molar-refractivity contribution < 1.29 is 19.1 Å². The number of amides is 2. The molecule has 0 aliphatic carbocycles. The van der Waals surface area contributed by atoms with E-state index in [9.17, 15) is 9.59 Å². The molecule has 6 heteroatoms. The van der Waals surface area contributed by atoms with E-state index in [-0.39, 0.29) is 11.8 Å². The number of nitrogens with one attached hydrogen (secondary N) is 2. The van der Waals surface area contributed by atoms with Crippen LogP contribution in [-0.4, -0.2) is 11.8 Å². The van der Waals surface area contributed by atoms with Crippen molar-refractivity contribution in [2.45, 2.75) is 6.42 Å². The number of hydrogen-bond donors (Lipinski definition) is 2. The molecule has 0 saturated heterocycles. The zero-order chi connectivity index (χ0) is 30.8. The summed E-state index contributed by atoms with van der Waals surface area (Å²) in [5.41, 5.74) is 4.45. The zero-order valence-corrected chi connectivity index (χ0v) is 24.4. The Labute approximate surface area is 261 Å². The van der Waals surface area contributed by atoms with E-state index in [1.807, 2.05) is 133 Å². The molecule has 0 fully saturated rings. The highest BCUT2D eigenvalue weighted by molar-refractivity contribution is 6.07. The van der Waals surface area contributed by atoms with Crippen molar-refractivity contribution in [1.29, 1.82) is 0 Å². The lowest BCUT2D eigenvalue weighted by Gasteiger charge is -2.12. The van der Waals surface area contributed by atoms with Gasteiger partial charge >= 0.3 is 0 Å². The molecule has 6 rings (SSSR count). The van der Waals surface area contributed by atoms with E-state index in [1.165, 1.54) is 0 Å². The maximum atomic E-state index is 13.1. The molecular formula is C39H30N2O4. The van der Waals surface area contributed by atoms with Gasteiger partial charge < -0.3 is 20.1 Å². The first-order valence-electron chi connectivity index (χ1n) is 14.6. The summed E-state index contributed by atoms with van der Waals surface area (Å²) in [6.07, 6.45) is 0.698. The minimum absolute atomic E-state index is 0.249. The lowest BCUT2D eigenvalue weighted by atomic mass is 10.0. The second-order valence-corrected chi connectivity index (χ2v) is 10.3. The topological polar surface area (TPSA) is 76.7 Å². The quantitative estimate of drug-likeness (QED) is 0.167. The van der Waals surface area contributed by atoms with Crippen molar-refractivity contribution in [3.63, 3.8) is 0 Å². The molecule has 0 saturated carbocycles. The Kier molecular flexibility index (Phi) is 8.94. The highest BCUT2D eigenvalue weighted by Gasteiger charge is 2.15. The van der Waals surface area contributed by atoms with E-state index in [2.05, 4.69) is 10.6 Å². The summed E-state index contributed by atoms with van der Waals surface area (Å²) in [6, 6.07) is 48.6. The van der Waals surface area contributed by atoms with Crippen LogP contribution >= 0.6 is 0 Å². The molecule has 0 radical (unpaired) electrons. The third-order valence-electron chi connectivity index (χ3n) is 7.04. The van der Waals surface area contributed by atoms with Gasteiger partial charge in [-0.3, -0.25) is 9.59 Å². The second kappa shape index (κ2) is 13.9. The van der Waals surface area contributed by atoms with E-state index in [0.717, 1.165) is 11.1 Å². The molecule has 220 valence electrons. The van der Waals surface area contributed by atoms with E-state index >= 15 is 0 Å². The monoisotopic (exact) mass is 590 g/mol. The predicted octanol–water partition coefficient (Wildman–Crippen LogP) is 9.37. The van der Waals surface area contributed by atoms with Crippen LogP contribution in [0.4, 0.5) is 11.4 Å². The first-order chi connectivity index (χ1) is 22.1. The summed E-state index contributed by atoms with van der Waals surface area (Å²) >= 11 is 0. The number of benzene rings is 6. The van der Waals surface area contributed by atoms with Gasteiger partial charge in [-0.15, -0.1) is 0 Å². The third-order valence-corrected chi connectivity index (χ3v) is 7.04. The molecule has 0 heterocycles. The van der Waals surface area contributed by atoms with Gasteiger partial charge in [-0.05, 0) is 90.3 Å². The van der Waals surface area contributed by atoms with Crippen molar-refractivity contribution in [2.75, 3.05) is 10.6 Å². The van der Waals surface area contributed by atoms with E-state index < -0.39 is 0 Å². The van der Waals surface area contributed by atoms with Crippen LogP contribution in [0.25, 0.3) is 0 Å². The van der Waals surface area contributed by atoms with Crippen LogP contribution in [0, 0.1) is 0 Å². The van der Waals surface area contributed by atoms with Gasteiger partial charge in [-0.2, -0.15) is 0 Å². The van der Waals surface area contributed by atoms with Gasteiger partial charge in [0.1, 0.15) is 23.0 Å². The summed E-state index contributed by atoms with van der Waals surface area (Å²) in [7, 11) is 0. The fourth-order valence-corrected chi connectivity index (χ4v) is 4.76. The van der Waals surface area contributed by atoms with Crippen LogP contribution in [0.2, 0.25) is 0 Å². The average molecular weight is 591 g/mol. The summed E-state index contributed by atoms with van der Waals surface area (Å²) in [5.74, 6) is 1.80. The molecule has 0 aromatic heterocycles. The van der Waals surface area contributed by atoms with Crippen LogP contribution < -0.4 is 20.1 Å². The lowest BCUT2D eigenvalue weighted by molar-refractivity contribution is 0.101. The molecule has 2 N–H and O–H groups in total. The van der Waals surface area contributed by atoms with Crippen molar-refractivity contribution in [3.05, 3.63) is 180 Å². The maximum Gasteiger partial charge on any atom is 0.259 e. The normalized spacial score (nSPS) is 10.5. The summed E-state index contributed by atoms with van der Waals surface area (Å²) in [4.78, 5) is 26.1. The van der Waals surface area contributed by atoms with Crippen LogP contribution in [0.5, 0.6) is 23.0 Å². The number of ether oxygens (including phenoxy) is 2. The van der Waals surface area contributed by atoms with Gasteiger partial charge in [0.05, 0.1) is 11.1 Å².